The Morgan fingerprint density at radius 2 is 1.17 bits per heavy atom. The lowest BCUT2D eigenvalue weighted by Gasteiger charge is -2.09. The van der Waals surface area contributed by atoms with Crippen LogP contribution in [0.5, 0.6) is 0 Å². The highest BCUT2D eigenvalue weighted by Crippen LogP contribution is 2.28. The monoisotopic (exact) mass is 352 g/mol. The van der Waals surface area contributed by atoms with Crippen molar-refractivity contribution in [3.8, 4) is 0 Å². The Morgan fingerprint density at radius 3 is 1.75 bits per heavy atom. The fourth-order valence-electron chi connectivity index (χ4n) is 2.47. The van der Waals surface area contributed by atoms with Gasteiger partial charge >= 0.3 is 0 Å². The molecule has 0 saturated carbocycles. The normalized spacial score (nSPS) is 10.4. The van der Waals surface area contributed by atoms with E-state index in [9.17, 15) is 4.79 Å². The van der Waals surface area contributed by atoms with Gasteiger partial charge in [0.2, 0.25) is 0 Å². The zero-order valence-electron chi connectivity index (χ0n) is 12.8. The van der Waals surface area contributed by atoms with Crippen molar-refractivity contribution in [3.63, 3.8) is 0 Å². The second-order valence-electron chi connectivity index (χ2n) is 5.41. The zero-order chi connectivity index (χ0) is 17.1. The Bertz CT molecular complexity index is 877. The van der Waals surface area contributed by atoms with Crippen LogP contribution < -0.4 is 0 Å². The van der Waals surface area contributed by atoms with Crippen LogP contribution in [0.2, 0.25) is 10.0 Å². The van der Waals surface area contributed by atoms with Gasteiger partial charge in [-0.2, -0.15) is 0 Å². The summed E-state index contributed by atoms with van der Waals surface area (Å²) in [5.74, 6) is -0.00133. The van der Waals surface area contributed by atoms with E-state index in [0.717, 1.165) is 16.7 Å². The predicted octanol–water partition coefficient (Wildman–Crippen LogP) is 6.29. The molecule has 3 aromatic rings. The molecule has 0 bridgehead atoms. The van der Waals surface area contributed by atoms with Crippen molar-refractivity contribution in [2.75, 3.05) is 0 Å². The molecule has 0 aromatic heterocycles. The summed E-state index contributed by atoms with van der Waals surface area (Å²) in [6, 6.07) is 21.9. The number of carbonyl (C=O) groups is 1. The molecule has 118 valence electrons. The number of ketones is 1. The molecule has 0 amide bonds. The van der Waals surface area contributed by atoms with E-state index < -0.39 is 0 Å². The van der Waals surface area contributed by atoms with Crippen molar-refractivity contribution >= 4 is 34.6 Å². The first-order chi connectivity index (χ1) is 11.5. The van der Waals surface area contributed by atoms with Crippen LogP contribution in [0.4, 0.5) is 0 Å². The first-order valence-electron chi connectivity index (χ1n) is 7.40. The molecule has 0 N–H and O–H groups in total. The van der Waals surface area contributed by atoms with Crippen LogP contribution in [0.25, 0.3) is 5.57 Å². The second kappa shape index (κ2) is 7.04. The van der Waals surface area contributed by atoms with Crippen LogP contribution in [0, 0.1) is 0 Å². The highest BCUT2D eigenvalue weighted by molar-refractivity contribution is 6.34. The van der Waals surface area contributed by atoms with Gasteiger partial charge in [-0.1, -0.05) is 84.4 Å². The van der Waals surface area contributed by atoms with Crippen molar-refractivity contribution < 1.29 is 4.79 Å². The van der Waals surface area contributed by atoms with E-state index in [-0.39, 0.29) is 5.78 Å². The topological polar surface area (TPSA) is 17.1 Å². The van der Waals surface area contributed by atoms with Crippen molar-refractivity contribution in [2.24, 2.45) is 0 Å². The van der Waals surface area contributed by atoms with Crippen molar-refractivity contribution in [1.82, 2.24) is 0 Å². The molecule has 3 aromatic carbocycles. The third kappa shape index (κ3) is 3.59. The number of rotatable bonds is 4. The third-order valence-corrected chi connectivity index (χ3v) is 4.18. The summed E-state index contributed by atoms with van der Waals surface area (Å²) in [4.78, 5) is 12.4. The third-order valence-electron chi connectivity index (χ3n) is 3.74. The number of benzene rings is 3. The van der Waals surface area contributed by atoms with Crippen LogP contribution in [0.1, 0.15) is 27.0 Å². The van der Waals surface area contributed by atoms with Crippen LogP contribution in [-0.2, 0) is 0 Å². The summed E-state index contributed by atoms with van der Waals surface area (Å²) in [7, 11) is 0. The standard InChI is InChI=1S/C21H14Cl2O/c1-14(18-11-19(22)13-20(23)12-18)15-7-9-17(10-8-15)21(24)16-5-3-2-4-6-16/h2-13H,1H2. The maximum absolute atomic E-state index is 12.4. The van der Waals surface area contributed by atoms with E-state index in [2.05, 4.69) is 6.58 Å². The molecule has 0 spiro atoms. The fourth-order valence-corrected chi connectivity index (χ4v) is 3.00. The van der Waals surface area contributed by atoms with E-state index in [1.165, 1.54) is 0 Å². The molecule has 0 aliphatic heterocycles. The molecular weight excluding hydrogens is 339 g/mol. The van der Waals surface area contributed by atoms with Gasteiger partial charge in [0.05, 0.1) is 0 Å². The van der Waals surface area contributed by atoms with Crippen LogP contribution >= 0.6 is 23.2 Å². The van der Waals surface area contributed by atoms with E-state index in [1.54, 1.807) is 6.07 Å². The Balaban J connectivity index is 1.86. The highest BCUT2D eigenvalue weighted by Gasteiger charge is 2.10. The molecule has 0 fully saturated rings. The van der Waals surface area contributed by atoms with Gasteiger partial charge in [-0.25, -0.2) is 0 Å². The summed E-state index contributed by atoms with van der Waals surface area (Å²) in [5.41, 5.74) is 3.89. The van der Waals surface area contributed by atoms with E-state index in [4.69, 9.17) is 23.2 Å². The lowest BCUT2D eigenvalue weighted by Crippen LogP contribution is -2.00. The summed E-state index contributed by atoms with van der Waals surface area (Å²) in [6.45, 7) is 4.11. The minimum absolute atomic E-state index is 0.00133. The van der Waals surface area contributed by atoms with Crippen LogP contribution in [0.3, 0.4) is 0 Å². The van der Waals surface area contributed by atoms with Crippen LogP contribution in [-0.4, -0.2) is 5.78 Å². The van der Waals surface area contributed by atoms with Gasteiger partial charge in [-0.15, -0.1) is 0 Å². The van der Waals surface area contributed by atoms with Crippen LogP contribution in [0.15, 0.2) is 79.4 Å². The number of carbonyl (C=O) groups excluding carboxylic acids is 1. The molecule has 0 aliphatic rings. The largest absolute Gasteiger partial charge is 0.289 e. The zero-order valence-corrected chi connectivity index (χ0v) is 14.3. The molecule has 0 aliphatic carbocycles. The van der Waals surface area contributed by atoms with Crippen molar-refractivity contribution in [3.05, 3.63) is 112 Å². The summed E-state index contributed by atoms with van der Waals surface area (Å²) < 4.78 is 0. The summed E-state index contributed by atoms with van der Waals surface area (Å²) in [5, 5.41) is 1.13. The lowest BCUT2D eigenvalue weighted by molar-refractivity contribution is 0.103. The highest BCUT2D eigenvalue weighted by atomic mass is 35.5. The molecule has 3 heteroatoms. The lowest BCUT2D eigenvalue weighted by atomic mass is 9.96. The minimum Gasteiger partial charge on any atom is -0.289 e. The maximum atomic E-state index is 12.4. The van der Waals surface area contributed by atoms with Gasteiger partial charge in [0.15, 0.2) is 5.78 Å². The van der Waals surface area contributed by atoms with E-state index >= 15 is 0 Å². The van der Waals surface area contributed by atoms with Gasteiger partial charge in [-0.3, -0.25) is 4.79 Å². The van der Waals surface area contributed by atoms with Gasteiger partial charge in [0.25, 0.3) is 0 Å². The van der Waals surface area contributed by atoms with E-state index in [1.807, 2.05) is 66.7 Å². The van der Waals surface area contributed by atoms with Gasteiger partial charge in [0.1, 0.15) is 0 Å². The molecule has 0 saturated heterocycles. The maximum Gasteiger partial charge on any atom is 0.193 e. The van der Waals surface area contributed by atoms with Crippen molar-refractivity contribution in [1.29, 1.82) is 0 Å². The summed E-state index contributed by atoms with van der Waals surface area (Å²) in [6.07, 6.45) is 0. The average Bonchev–Trinajstić information content (AvgIpc) is 2.60. The molecule has 0 atom stereocenters. The molecule has 0 unspecified atom stereocenters. The molecular formula is C21H14Cl2O. The second-order valence-corrected chi connectivity index (χ2v) is 6.28. The van der Waals surface area contributed by atoms with E-state index in [0.29, 0.717) is 21.2 Å². The molecule has 1 nitrogen and oxygen atoms in total. The first-order valence-corrected chi connectivity index (χ1v) is 8.16. The Morgan fingerprint density at radius 1 is 0.667 bits per heavy atom. The average molecular weight is 353 g/mol. The molecule has 0 radical (unpaired) electrons. The number of hydrogen-bond acceptors (Lipinski definition) is 1. The quantitative estimate of drug-likeness (QED) is 0.504. The molecule has 0 heterocycles. The Kier molecular flexibility index (Phi) is 4.84. The van der Waals surface area contributed by atoms with Gasteiger partial charge in [0, 0.05) is 21.2 Å². The van der Waals surface area contributed by atoms with Crippen molar-refractivity contribution in [2.45, 2.75) is 0 Å². The van der Waals surface area contributed by atoms with Gasteiger partial charge in [-0.05, 0) is 34.9 Å². The summed E-state index contributed by atoms with van der Waals surface area (Å²) >= 11 is 12.1. The smallest absolute Gasteiger partial charge is 0.193 e. The SMILES string of the molecule is C=C(c1ccc(C(=O)c2ccccc2)cc1)c1cc(Cl)cc(Cl)c1. The molecule has 24 heavy (non-hydrogen) atoms. The number of hydrogen-bond donors (Lipinski definition) is 0. The first kappa shape index (κ1) is 16.5. The number of halogens is 2. The predicted molar refractivity (Wildman–Crippen MR) is 101 cm³/mol. The Labute approximate surface area is 151 Å². The molecule has 3 rings (SSSR count). The fraction of sp³-hybridized carbons (Fsp3) is 0. The van der Waals surface area contributed by atoms with Gasteiger partial charge < -0.3 is 0 Å². The Hall–Kier alpha value is -2.35. The minimum atomic E-state index is -0.00133.